The van der Waals surface area contributed by atoms with Crippen LogP contribution in [0.2, 0.25) is 0 Å². The third kappa shape index (κ3) is 2.73. The zero-order valence-corrected chi connectivity index (χ0v) is 11.3. The molecular formula is C15H16N2O2. The van der Waals surface area contributed by atoms with Gasteiger partial charge in [0.05, 0.1) is 18.4 Å². The lowest BCUT2D eigenvalue weighted by Crippen LogP contribution is -2.09. The molecule has 0 fully saturated rings. The normalized spacial score (nSPS) is 10.1. The number of ether oxygens (including phenoxy) is 1. The zero-order chi connectivity index (χ0) is 13.8. The van der Waals surface area contributed by atoms with Crippen LogP contribution in [0.4, 0.5) is 5.69 Å². The fraction of sp³-hybridized carbons (Fsp3) is 0.200. The number of anilines is 1. The molecule has 4 nitrogen and oxygen atoms in total. The summed E-state index contributed by atoms with van der Waals surface area (Å²) in [5, 5.41) is 0. The number of rotatable bonds is 3. The number of hydrogen-bond acceptors (Lipinski definition) is 4. The van der Waals surface area contributed by atoms with Crippen LogP contribution >= 0.6 is 0 Å². The Morgan fingerprint density at radius 1 is 1.21 bits per heavy atom. The molecule has 4 heteroatoms. The van der Waals surface area contributed by atoms with Gasteiger partial charge < -0.3 is 9.64 Å². The number of pyridine rings is 1. The second kappa shape index (κ2) is 5.52. The van der Waals surface area contributed by atoms with Crippen LogP contribution in [0.5, 0.6) is 0 Å². The standard InChI is InChI=1S/C15H16N2O2/c1-17(2)12-7-4-6-11(10-12)14-13(15(18)19-3)8-5-9-16-14/h4-10H,1-3H3. The molecule has 98 valence electrons. The molecule has 19 heavy (non-hydrogen) atoms. The van der Waals surface area contributed by atoms with Gasteiger partial charge in [0.2, 0.25) is 0 Å². The first-order valence-corrected chi connectivity index (χ1v) is 5.94. The first-order chi connectivity index (χ1) is 9.13. The van der Waals surface area contributed by atoms with Crippen molar-refractivity contribution in [2.24, 2.45) is 0 Å². The Labute approximate surface area is 112 Å². The molecule has 1 aromatic carbocycles. The van der Waals surface area contributed by atoms with Crippen molar-refractivity contribution >= 4 is 11.7 Å². The van der Waals surface area contributed by atoms with Crippen molar-refractivity contribution in [3.63, 3.8) is 0 Å². The van der Waals surface area contributed by atoms with E-state index >= 15 is 0 Å². The second-order valence-electron chi connectivity index (χ2n) is 4.34. The predicted octanol–water partition coefficient (Wildman–Crippen LogP) is 2.60. The number of nitrogens with zero attached hydrogens (tertiary/aromatic N) is 2. The molecule has 0 radical (unpaired) electrons. The van der Waals surface area contributed by atoms with E-state index in [1.54, 1.807) is 18.3 Å². The van der Waals surface area contributed by atoms with Gasteiger partial charge in [0, 0.05) is 31.5 Å². The maximum absolute atomic E-state index is 11.8. The van der Waals surface area contributed by atoms with Crippen molar-refractivity contribution in [2.45, 2.75) is 0 Å². The van der Waals surface area contributed by atoms with E-state index in [2.05, 4.69) is 4.98 Å². The smallest absolute Gasteiger partial charge is 0.340 e. The fourth-order valence-corrected chi connectivity index (χ4v) is 1.84. The average Bonchev–Trinajstić information content (AvgIpc) is 2.46. The highest BCUT2D eigenvalue weighted by molar-refractivity contribution is 5.96. The van der Waals surface area contributed by atoms with Crippen LogP contribution in [0.1, 0.15) is 10.4 Å². The number of carbonyl (C=O) groups is 1. The summed E-state index contributed by atoms with van der Waals surface area (Å²) >= 11 is 0. The molecular weight excluding hydrogens is 240 g/mol. The summed E-state index contributed by atoms with van der Waals surface area (Å²) in [6.07, 6.45) is 1.67. The van der Waals surface area contributed by atoms with Crippen molar-refractivity contribution in [3.05, 3.63) is 48.2 Å². The van der Waals surface area contributed by atoms with Gasteiger partial charge in [-0.3, -0.25) is 4.98 Å². The maximum Gasteiger partial charge on any atom is 0.340 e. The van der Waals surface area contributed by atoms with E-state index in [4.69, 9.17) is 4.74 Å². The average molecular weight is 256 g/mol. The minimum absolute atomic E-state index is 0.377. The van der Waals surface area contributed by atoms with E-state index in [1.807, 2.05) is 43.3 Å². The maximum atomic E-state index is 11.8. The van der Waals surface area contributed by atoms with Crippen LogP contribution < -0.4 is 4.90 Å². The summed E-state index contributed by atoms with van der Waals surface area (Å²) in [5.41, 5.74) is 3.06. The number of hydrogen-bond donors (Lipinski definition) is 0. The molecule has 0 aliphatic heterocycles. The first kappa shape index (κ1) is 13.1. The molecule has 0 atom stereocenters. The van der Waals surface area contributed by atoms with Crippen molar-refractivity contribution in [1.29, 1.82) is 0 Å². The van der Waals surface area contributed by atoms with Crippen molar-refractivity contribution < 1.29 is 9.53 Å². The van der Waals surface area contributed by atoms with Crippen LogP contribution in [0.3, 0.4) is 0 Å². The predicted molar refractivity (Wildman–Crippen MR) is 75.3 cm³/mol. The molecule has 0 aliphatic rings. The minimum Gasteiger partial charge on any atom is -0.465 e. The van der Waals surface area contributed by atoms with E-state index in [0.717, 1.165) is 11.3 Å². The highest BCUT2D eigenvalue weighted by Gasteiger charge is 2.14. The van der Waals surface area contributed by atoms with E-state index in [-0.39, 0.29) is 5.97 Å². The summed E-state index contributed by atoms with van der Waals surface area (Å²) in [4.78, 5) is 18.1. The molecule has 0 amide bonds. The quantitative estimate of drug-likeness (QED) is 0.792. The fourth-order valence-electron chi connectivity index (χ4n) is 1.84. The number of aromatic nitrogens is 1. The molecule has 1 aromatic heterocycles. The van der Waals surface area contributed by atoms with Gasteiger partial charge in [-0.15, -0.1) is 0 Å². The second-order valence-corrected chi connectivity index (χ2v) is 4.34. The molecule has 0 saturated carbocycles. The molecule has 0 aliphatic carbocycles. The summed E-state index contributed by atoms with van der Waals surface area (Å²) < 4.78 is 4.79. The number of carbonyl (C=O) groups excluding carboxylic acids is 1. The summed E-state index contributed by atoms with van der Waals surface area (Å²) in [7, 11) is 5.31. The number of esters is 1. The van der Waals surface area contributed by atoms with Gasteiger partial charge in [-0.1, -0.05) is 12.1 Å². The van der Waals surface area contributed by atoms with E-state index in [0.29, 0.717) is 11.3 Å². The lowest BCUT2D eigenvalue weighted by molar-refractivity contribution is 0.0601. The topological polar surface area (TPSA) is 42.4 Å². The Balaban J connectivity index is 2.53. The third-order valence-corrected chi connectivity index (χ3v) is 2.85. The van der Waals surface area contributed by atoms with Crippen molar-refractivity contribution in [3.8, 4) is 11.3 Å². The first-order valence-electron chi connectivity index (χ1n) is 5.94. The molecule has 2 aromatic rings. The van der Waals surface area contributed by atoms with Gasteiger partial charge in [-0.2, -0.15) is 0 Å². The highest BCUT2D eigenvalue weighted by Crippen LogP contribution is 2.25. The van der Waals surface area contributed by atoms with Crippen LogP contribution in [-0.2, 0) is 4.74 Å². The van der Waals surface area contributed by atoms with Crippen LogP contribution in [0, 0.1) is 0 Å². The lowest BCUT2D eigenvalue weighted by Gasteiger charge is -2.14. The molecule has 0 spiro atoms. The molecule has 1 heterocycles. The highest BCUT2D eigenvalue weighted by atomic mass is 16.5. The Bertz CT molecular complexity index is 594. The molecule has 0 bridgehead atoms. The third-order valence-electron chi connectivity index (χ3n) is 2.85. The largest absolute Gasteiger partial charge is 0.465 e. The lowest BCUT2D eigenvalue weighted by atomic mass is 10.1. The van der Waals surface area contributed by atoms with Crippen LogP contribution in [0.25, 0.3) is 11.3 Å². The van der Waals surface area contributed by atoms with Gasteiger partial charge in [0.1, 0.15) is 0 Å². The Morgan fingerprint density at radius 3 is 2.68 bits per heavy atom. The summed E-state index contributed by atoms with van der Waals surface area (Å²) in [5.74, 6) is -0.377. The minimum atomic E-state index is -0.377. The van der Waals surface area contributed by atoms with Gasteiger partial charge in [0.25, 0.3) is 0 Å². The Hall–Kier alpha value is -2.36. The zero-order valence-electron chi connectivity index (χ0n) is 11.3. The van der Waals surface area contributed by atoms with E-state index in [1.165, 1.54) is 7.11 Å². The Kier molecular flexibility index (Phi) is 3.80. The van der Waals surface area contributed by atoms with E-state index in [9.17, 15) is 4.79 Å². The SMILES string of the molecule is COC(=O)c1cccnc1-c1cccc(N(C)C)c1. The van der Waals surface area contributed by atoms with Gasteiger partial charge >= 0.3 is 5.97 Å². The molecule has 2 rings (SSSR count). The van der Waals surface area contributed by atoms with Gasteiger partial charge in [0.15, 0.2) is 0 Å². The Morgan fingerprint density at radius 2 is 2.00 bits per heavy atom. The van der Waals surface area contributed by atoms with Crippen LogP contribution in [-0.4, -0.2) is 32.2 Å². The number of methoxy groups -OCH3 is 1. The summed E-state index contributed by atoms with van der Waals surface area (Å²) in [6, 6.07) is 11.3. The van der Waals surface area contributed by atoms with Crippen LogP contribution in [0.15, 0.2) is 42.6 Å². The van der Waals surface area contributed by atoms with E-state index < -0.39 is 0 Å². The monoisotopic (exact) mass is 256 g/mol. The summed E-state index contributed by atoms with van der Waals surface area (Å²) in [6.45, 7) is 0. The van der Waals surface area contributed by atoms with Crippen molar-refractivity contribution in [1.82, 2.24) is 4.98 Å². The van der Waals surface area contributed by atoms with Gasteiger partial charge in [-0.05, 0) is 24.3 Å². The number of benzene rings is 1. The molecule has 0 saturated heterocycles. The molecule has 0 N–H and O–H groups in total. The van der Waals surface area contributed by atoms with Crippen molar-refractivity contribution in [2.75, 3.05) is 26.1 Å². The van der Waals surface area contributed by atoms with Gasteiger partial charge in [-0.25, -0.2) is 4.79 Å². The molecule has 0 unspecified atom stereocenters.